The van der Waals surface area contributed by atoms with Crippen LogP contribution in [0, 0.1) is 0 Å². The number of aromatic nitrogens is 2. The highest BCUT2D eigenvalue weighted by molar-refractivity contribution is 5.57. The minimum absolute atomic E-state index is 0.00578. The van der Waals surface area contributed by atoms with E-state index in [0.29, 0.717) is 0 Å². The van der Waals surface area contributed by atoms with Crippen molar-refractivity contribution >= 4 is 0 Å². The highest BCUT2D eigenvalue weighted by atomic mass is 16.3. The quantitative estimate of drug-likeness (QED) is 0.695. The van der Waals surface area contributed by atoms with Crippen LogP contribution in [0.15, 0.2) is 53.1 Å². The van der Waals surface area contributed by atoms with Crippen molar-refractivity contribution in [1.82, 2.24) is 14.9 Å². The second kappa shape index (κ2) is 6.69. The van der Waals surface area contributed by atoms with Gasteiger partial charge < -0.3 is 4.42 Å². The van der Waals surface area contributed by atoms with E-state index in [1.54, 1.807) is 0 Å². The Kier molecular flexibility index (Phi) is 4.37. The summed E-state index contributed by atoms with van der Waals surface area (Å²) >= 11 is 0. The summed E-state index contributed by atoms with van der Waals surface area (Å²) in [6, 6.07) is 14.4. The largest absolute Gasteiger partial charge is 0.460 e. The third-order valence-corrected chi connectivity index (χ3v) is 4.78. The highest BCUT2D eigenvalue weighted by Crippen LogP contribution is 2.25. The number of hydrogen-bond donors (Lipinski definition) is 0. The molecule has 3 aromatic rings. The van der Waals surface area contributed by atoms with Crippen LogP contribution in [-0.4, -0.2) is 21.4 Å². The van der Waals surface area contributed by atoms with Gasteiger partial charge in [-0.25, -0.2) is 9.97 Å². The van der Waals surface area contributed by atoms with Gasteiger partial charge in [0.25, 0.3) is 0 Å². The lowest BCUT2D eigenvalue weighted by Gasteiger charge is -2.28. The Hall–Kier alpha value is -2.46. The van der Waals surface area contributed by atoms with Gasteiger partial charge in [0.05, 0.1) is 6.54 Å². The molecule has 0 bridgehead atoms. The Balaban J connectivity index is 1.46. The fourth-order valence-electron chi connectivity index (χ4n) is 3.31. The zero-order valence-electron chi connectivity index (χ0n) is 15.7. The molecule has 0 aliphatic carbocycles. The molecular formula is C22H25N3O. The molecule has 4 heteroatoms. The van der Waals surface area contributed by atoms with Crippen LogP contribution in [-0.2, 0) is 24.9 Å². The fraction of sp³-hybridized carbons (Fsp3) is 0.364. The molecule has 0 spiro atoms. The predicted molar refractivity (Wildman–Crippen MR) is 103 cm³/mol. The normalized spacial score (nSPS) is 15.0. The molecule has 3 heterocycles. The van der Waals surface area contributed by atoms with E-state index in [2.05, 4.69) is 54.9 Å². The van der Waals surface area contributed by atoms with Gasteiger partial charge in [0.1, 0.15) is 17.3 Å². The third-order valence-electron chi connectivity index (χ3n) is 4.78. The molecule has 134 valence electrons. The van der Waals surface area contributed by atoms with Crippen LogP contribution in [0.5, 0.6) is 0 Å². The number of rotatable bonds is 3. The average molecular weight is 347 g/mol. The van der Waals surface area contributed by atoms with Gasteiger partial charge in [-0.3, -0.25) is 4.90 Å². The molecule has 4 rings (SSSR count). The molecule has 1 aromatic carbocycles. The topological polar surface area (TPSA) is 42.2 Å². The van der Waals surface area contributed by atoms with Gasteiger partial charge in [-0.15, -0.1) is 0 Å². The summed E-state index contributed by atoms with van der Waals surface area (Å²) < 4.78 is 6.05. The van der Waals surface area contributed by atoms with E-state index < -0.39 is 0 Å². The van der Waals surface area contributed by atoms with E-state index in [-0.39, 0.29) is 5.41 Å². The number of furan rings is 1. The Morgan fingerprint density at radius 1 is 1.08 bits per heavy atom. The Morgan fingerprint density at radius 3 is 2.65 bits per heavy atom. The van der Waals surface area contributed by atoms with Crippen LogP contribution in [0.3, 0.4) is 0 Å². The molecule has 26 heavy (non-hydrogen) atoms. The molecule has 0 saturated carbocycles. The van der Waals surface area contributed by atoms with Crippen LogP contribution in [0.4, 0.5) is 0 Å². The lowest BCUT2D eigenvalue weighted by molar-refractivity contribution is 0.223. The van der Waals surface area contributed by atoms with Crippen LogP contribution < -0.4 is 0 Å². The van der Waals surface area contributed by atoms with E-state index in [1.807, 2.05) is 24.4 Å². The van der Waals surface area contributed by atoms with Gasteiger partial charge in [0.15, 0.2) is 0 Å². The van der Waals surface area contributed by atoms with E-state index >= 15 is 0 Å². The van der Waals surface area contributed by atoms with Gasteiger partial charge in [-0.2, -0.15) is 0 Å². The molecular weight excluding hydrogens is 322 g/mol. The van der Waals surface area contributed by atoms with Gasteiger partial charge in [-0.05, 0) is 12.1 Å². The maximum Gasteiger partial charge on any atom is 0.134 e. The molecule has 0 atom stereocenters. The minimum Gasteiger partial charge on any atom is -0.460 e. The van der Waals surface area contributed by atoms with Crippen molar-refractivity contribution in [2.45, 2.75) is 45.7 Å². The maximum absolute atomic E-state index is 6.05. The van der Waals surface area contributed by atoms with Gasteiger partial charge in [-0.1, -0.05) is 51.1 Å². The first kappa shape index (κ1) is 17.0. The maximum atomic E-state index is 6.05. The smallest absolute Gasteiger partial charge is 0.134 e. The number of benzene rings is 1. The Bertz CT molecular complexity index is 893. The first-order valence-corrected chi connectivity index (χ1v) is 9.21. The zero-order chi connectivity index (χ0) is 18.1. The van der Waals surface area contributed by atoms with Crippen LogP contribution in [0.2, 0.25) is 0 Å². The minimum atomic E-state index is -0.00578. The lowest BCUT2D eigenvalue weighted by Crippen LogP contribution is -2.31. The lowest BCUT2D eigenvalue weighted by atomic mass is 9.95. The van der Waals surface area contributed by atoms with Crippen molar-refractivity contribution in [3.63, 3.8) is 0 Å². The highest BCUT2D eigenvalue weighted by Gasteiger charge is 2.23. The molecule has 4 nitrogen and oxygen atoms in total. The van der Waals surface area contributed by atoms with Crippen LogP contribution in [0.1, 0.15) is 43.6 Å². The molecule has 0 N–H and O–H groups in total. The van der Waals surface area contributed by atoms with Crippen LogP contribution >= 0.6 is 0 Å². The summed E-state index contributed by atoms with van der Waals surface area (Å²) in [5.74, 6) is 2.86. The molecule has 0 unspecified atom stereocenters. The zero-order valence-corrected chi connectivity index (χ0v) is 15.7. The molecule has 1 aliphatic heterocycles. The molecule has 1 aliphatic rings. The summed E-state index contributed by atoms with van der Waals surface area (Å²) in [5.41, 5.74) is 3.55. The predicted octanol–water partition coefficient (Wildman–Crippen LogP) is 4.59. The number of fused-ring (bicyclic) bond motifs is 1. The molecule has 0 amide bonds. The number of nitrogens with zero attached hydrogens (tertiary/aromatic N) is 3. The molecule has 0 fully saturated rings. The summed E-state index contributed by atoms with van der Waals surface area (Å²) in [7, 11) is 0. The Labute approximate surface area is 154 Å². The van der Waals surface area contributed by atoms with Gasteiger partial charge in [0.2, 0.25) is 0 Å². The summed E-state index contributed by atoms with van der Waals surface area (Å²) in [4.78, 5) is 11.8. The van der Waals surface area contributed by atoms with Crippen molar-refractivity contribution < 1.29 is 4.42 Å². The standard InChI is InChI=1S/C22H25N3O/c1-22(2,3)21-23-13-17-14-25(12-11-19(17)24-21)15-18-9-10-20(26-18)16-7-5-4-6-8-16/h4-10,13H,11-12,14-15H2,1-3H3. The van der Waals surface area contributed by atoms with Gasteiger partial charge >= 0.3 is 0 Å². The Morgan fingerprint density at radius 2 is 1.88 bits per heavy atom. The van der Waals surface area contributed by atoms with Crippen molar-refractivity contribution in [2.75, 3.05) is 6.54 Å². The van der Waals surface area contributed by atoms with E-state index in [1.165, 1.54) is 11.3 Å². The van der Waals surface area contributed by atoms with Crippen molar-refractivity contribution in [3.05, 3.63) is 71.5 Å². The van der Waals surface area contributed by atoms with E-state index in [4.69, 9.17) is 9.40 Å². The molecule has 2 aromatic heterocycles. The fourth-order valence-corrected chi connectivity index (χ4v) is 3.31. The van der Waals surface area contributed by atoms with Crippen molar-refractivity contribution in [1.29, 1.82) is 0 Å². The monoisotopic (exact) mass is 347 g/mol. The van der Waals surface area contributed by atoms with Crippen molar-refractivity contribution in [2.24, 2.45) is 0 Å². The SMILES string of the molecule is CC(C)(C)c1ncc2c(n1)CCN(Cc1ccc(-c3ccccc3)o1)C2. The second-order valence-electron chi connectivity index (χ2n) is 8.01. The summed E-state index contributed by atoms with van der Waals surface area (Å²) in [6.07, 6.45) is 2.97. The molecule has 0 radical (unpaired) electrons. The summed E-state index contributed by atoms with van der Waals surface area (Å²) in [6.45, 7) is 9.16. The number of hydrogen-bond acceptors (Lipinski definition) is 4. The first-order valence-electron chi connectivity index (χ1n) is 9.21. The summed E-state index contributed by atoms with van der Waals surface area (Å²) in [5, 5.41) is 0. The van der Waals surface area contributed by atoms with Gasteiger partial charge in [0, 0.05) is 47.9 Å². The second-order valence-corrected chi connectivity index (χ2v) is 8.01. The average Bonchev–Trinajstić information content (AvgIpc) is 3.10. The van der Waals surface area contributed by atoms with E-state index in [9.17, 15) is 0 Å². The third kappa shape index (κ3) is 3.56. The molecule has 0 saturated heterocycles. The van der Waals surface area contributed by atoms with E-state index in [0.717, 1.165) is 49.0 Å². The van der Waals surface area contributed by atoms with Crippen molar-refractivity contribution in [3.8, 4) is 11.3 Å². The van der Waals surface area contributed by atoms with Crippen LogP contribution in [0.25, 0.3) is 11.3 Å². The first-order chi connectivity index (χ1) is 12.5.